The number of rotatable bonds is 4. The highest BCUT2D eigenvalue weighted by atomic mass is 16.1. The van der Waals surface area contributed by atoms with Crippen molar-refractivity contribution in [2.75, 3.05) is 5.32 Å². The zero-order valence-electron chi connectivity index (χ0n) is 10.9. The third-order valence-corrected chi connectivity index (χ3v) is 3.50. The number of carbonyl (C=O) groups excluding carboxylic acids is 1. The van der Waals surface area contributed by atoms with Crippen LogP contribution in [0.15, 0.2) is 42.6 Å². The maximum absolute atomic E-state index is 11.0. The van der Waals surface area contributed by atoms with E-state index in [0.717, 1.165) is 17.9 Å². The number of primary amides is 1. The van der Waals surface area contributed by atoms with Gasteiger partial charge in [0, 0.05) is 29.4 Å². The molecule has 0 unspecified atom stereocenters. The van der Waals surface area contributed by atoms with Gasteiger partial charge in [-0.05, 0) is 42.3 Å². The fraction of sp³-hybridized carbons (Fsp3) is 0.200. The molecule has 0 aliphatic heterocycles. The number of aromatic nitrogens is 1. The van der Waals surface area contributed by atoms with Gasteiger partial charge < -0.3 is 16.8 Å². The van der Waals surface area contributed by atoms with E-state index in [4.69, 9.17) is 11.5 Å². The average Bonchev–Trinajstić information content (AvgIpc) is 3.17. The molecule has 1 aliphatic carbocycles. The molecule has 5 heteroatoms. The second-order valence-electron chi connectivity index (χ2n) is 5.05. The van der Waals surface area contributed by atoms with Crippen LogP contribution in [-0.4, -0.2) is 16.9 Å². The number of pyridine rings is 1. The van der Waals surface area contributed by atoms with Gasteiger partial charge in [0.15, 0.2) is 0 Å². The summed E-state index contributed by atoms with van der Waals surface area (Å²) in [4.78, 5) is 15.4. The highest BCUT2D eigenvalue weighted by Gasteiger charge is 2.34. The van der Waals surface area contributed by atoms with Crippen LogP contribution in [0.3, 0.4) is 0 Å². The minimum atomic E-state index is -0.431. The largest absolute Gasteiger partial charge is 0.366 e. The monoisotopic (exact) mass is 268 g/mol. The van der Waals surface area contributed by atoms with E-state index in [1.807, 2.05) is 18.3 Å². The first kappa shape index (κ1) is 12.6. The molecule has 3 rings (SSSR count). The summed E-state index contributed by atoms with van der Waals surface area (Å²) in [5.41, 5.74) is 13.5. The molecule has 5 N–H and O–H groups in total. The Morgan fingerprint density at radius 2 is 1.90 bits per heavy atom. The second kappa shape index (κ2) is 4.94. The van der Waals surface area contributed by atoms with E-state index in [9.17, 15) is 4.79 Å². The van der Waals surface area contributed by atoms with Crippen molar-refractivity contribution in [3.8, 4) is 0 Å². The number of carbonyl (C=O) groups is 1. The number of benzene rings is 1. The van der Waals surface area contributed by atoms with Crippen LogP contribution in [0.2, 0.25) is 0 Å². The van der Waals surface area contributed by atoms with Crippen molar-refractivity contribution in [2.45, 2.75) is 18.4 Å². The summed E-state index contributed by atoms with van der Waals surface area (Å²) in [6, 6.07) is 11.2. The molecular weight excluding hydrogens is 252 g/mol. The van der Waals surface area contributed by atoms with Gasteiger partial charge in [0.25, 0.3) is 0 Å². The first-order valence-corrected chi connectivity index (χ1v) is 6.52. The SMILES string of the molecule is NC(=O)c1ccc(Nc2ccc([C@H]3C[C@@H]3N)cn2)cc1. The Labute approximate surface area is 117 Å². The lowest BCUT2D eigenvalue weighted by atomic mass is 10.2. The van der Waals surface area contributed by atoms with Crippen LogP contribution in [0.5, 0.6) is 0 Å². The molecule has 1 amide bonds. The van der Waals surface area contributed by atoms with Gasteiger partial charge in [-0.15, -0.1) is 0 Å². The lowest BCUT2D eigenvalue weighted by molar-refractivity contribution is 0.100. The van der Waals surface area contributed by atoms with E-state index in [0.29, 0.717) is 11.5 Å². The number of hydrogen-bond donors (Lipinski definition) is 3. The molecule has 1 aliphatic rings. The zero-order chi connectivity index (χ0) is 14.1. The first-order valence-electron chi connectivity index (χ1n) is 6.52. The van der Waals surface area contributed by atoms with Gasteiger partial charge in [0.1, 0.15) is 5.82 Å². The molecule has 2 aromatic rings. The minimum absolute atomic E-state index is 0.289. The third-order valence-electron chi connectivity index (χ3n) is 3.50. The molecule has 102 valence electrons. The summed E-state index contributed by atoms with van der Waals surface area (Å²) in [5.74, 6) is 0.793. The van der Waals surface area contributed by atoms with Crippen molar-refractivity contribution in [3.05, 3.63) is 53.7 Å². The number of amides is 1. The lowest BCUT2D eigenvalue weighted by Crippen LogP contribution is -2.10. The van der Waals surface area contributed by atoms with Gasteiger partial charge in [0.05, 0.1) is 0 Å². The second-order valence-corrected chi connectivity index (χ2v) is 5.05. The quantitative estimate of drug-likeness (QED) is 0.787. The molecule has 5 nitrogen and oxygen atoms in total. The Kier molecular flexibility index (Phi) is 3.12. The Morgan fingerprint density at radius 3 is 2.40 bits per heavy atom. The summed E-state index contributed by atoms with van der Waals surface area (Å²) in [6.45, 7) is 0. The van der Waals surface area contributed by atoms with Crippen LogP contribution in [0.25, 0.3) is 0 Å². The Bertz CT molecular complexity index is 621. The molecule has 1 saturated carbocycles. The van der Waals surface area contributed by atoms with E-state index in [1.54, 1.807) is 24.3 Å². The van der Waals surface area contributed by atoms with Gasteiger partial charge in [-0.25, -0.2) is 4.98 Å². The molecule has 0 spiro atoms. The standard InChI is InChI=1S/C15H16N4O/c16-13-7-12(13)10-3-6-14(18-8-10)19-11-4-1-9(2-5-11)15(17)20/h1-6,8,12-13H,7,16H2,(H2,17,20)(H,18,19)/t12-,13+/m1/s1. The first-order chi connectivity index (χ1) is 9.63. The van der Waals surface area contributed by atoms with E-state index < -0.39 is 5.91 Å². The molecule has 0 bridgehead atoms. The maximum atomic E-state index is 11.0. The van der Waals surface area contributed by atoms with Crippen molar-refractivity contribution in [1.82, 2.24) is 4.98 Å². The number of nitrogens with two attached hydrogens (primary N) is 2. The van der Waals surface area contributed by atoms with E-state index >= 15 is 0 Å². The Hall–Kier alpha value is -2.40. The highest BCUT2D eigenvalue weighted by molar-refractivity contribution is 5.93. The molecule has 1 fully saturated rings. The van der Waals surface area contributed by atoms with Crippen LogP contribution < -0.4 is 16.8 Å². The lowest BCUT2D eigenvalue weighted by Gasteiger charge is -2.07. The van der Waals surface area contributed by atoms with E-state index in [2.05, 4.69) is 10.3 Å². The maximum Gasteiger partial charge on any atom is 0.248 e. The molecule has 0 radical (unpaired) electrons. The predicted molar refractivity (Wildman–Crippen MR) is 77.8 cm³/mol. The molecule has 2 atom stereocenters. The fourth-order valence-electron chi connectivity index (χ4n) is 2.16. The summed E-state index contributed by atoms with van der Waals surface area (Å²) < 4.78 is 0. The summed E-state index contributed by atoms with van der Waals surface area (Å²) in [5, 5.41) is 3.17. The van der Waals surface area contributed by atoms with E-state index in [-0.39, 0.29) is 6.04 Å². The Morgan fingerprint density at radius 1 is 1.20 bits per heavy atom. The normalized spacial score (nSPS) is 20.4. The van der Waals surface area contributed by atoms with E-state index in [1.165, 1.54) is 5.56 Å². The Balaban J connectivity index is 1.69. The van der Waals surface area contributed by atoms with Crippen LogP contribution in [0, 0.1) is 0 Å². The van der Waals surface area contributed by atoms with Gasteiger partial charge in [0.2, 0.25) is 5.91 Å². The molecule has 1 aromatic heterocycles. The molecular formula is C15H16N4O. The number of nitrogens with one attached hydrogen (secondary N) is 1. The third kappa shape index (κ3) is 2.62. The van der Waals surface area contributed by atoms with Crippen LogP contribution in [-0.2, 0) is 0 Å². The number of anilines is 2. The minimum Gasteiger partial charge on any atom is -0.366 e. The van der Waals surface area contributed by atoms with Gasteiger partial charge in [-0.3, -0.25) is 4.79 Å². The molecule has 0 saturated heterocycles. The topological polar surface area (TPSA) is 94.0 Å². The molecule has 1 heterocycles. The number of nitrogens with zero attached hydrogens (tertiary/aromatic N) is 1. The summed E-state index contributed by atoms with van der Waals surface area (Å²) in [7, 11) is 0. The van der Waals surface area contributed by atoms with Crippen molar-refractivity contribution in [3.63, 3.8) is 0 Å². The average molecular weight is 268 g/mol. The predicted octanol–water partition coefficient (Wildman–Crippen LogP) is 1.74. The van der Waals surface area contributed by atoms with Crippen LogP contribution in [0.1, 0.15) is 28.3 Å². The van der Waals surface area contributed by atoms with Crippen LogP contribution >= 0.6 is 0 Å². The van der Waals surface area contributed by atoms with Crippen molar-refractivity contribution in [1.29, 1.82) is 0 Å². The highest BCUT2D eigenvalue weighted by Crippen LogP contribution is 2.38. The van der Waals surface area contributed by atoms with Crippen molar-refractivity contribution < 1.29 is 4.79 Å². The van der Waals surface area contributed by atoms with Crippen LogP contribution in [0.4, 0.5) is 11.5 Å². The smallest absolute Gasteiger partial charge is 0.248 e. The molecule has 1 aromatic carbocycles. The summed E-state index contributed by atoms with van der Waals surface area (Å²) >= 11 is 0. The van der Waals surface area contributed by atoms with Crippen molar-refractivity contribution >= 4 is 17.4 Å². The molecule has 20 heavy (non-hydrogen) atoms. The number of hydrogen-bond acceptors (Lipinski definition) is 4. The fourth-order valence-corrected chi connectivity index (χ4v) is 2.16. The zero-order valence-corrected chi connectivity index (χ0v) is 10.9. The van der Waals surface area contributed by atoms with Gasteiger partial charge in [-0.1, -0.05) is 6.07 Å². The van der Waals surface area contributed by atoms with Gasteiger partial charge >= 0.3 is 0 Å². The summed E-state index contributed by atoms with van der Waals surface area (Å²) in [6.07, 6.45) is 2.90. The van der Waals surface area contributed by atoms with Crippen molar-refractivity contribution in [2.24, 2.45) is 11.5 Å². The van der Waals surface area contributed by atoms with Gasteiger partial charge in [-0.2, -0.15) is 0 Å².